The van der Waals surface area contributed by atoms with Gasteiger partial charge in [0.25, 0.3) is 5.69 Å². The van der Waals surface area contributed by atoms with Gasteiger partial charge in [-0.05, 0) is 17.7 Å². The van der Waals surface area contributed by atoms with Crippen molar-refractivity contribution < 1.29 is 19.6 Å². The number of aliphatic hydroxyl groups excluding tert-OH is 1. The van der Waals surface area contributed by atoms with Crippen LogP contribution in [0, 0.1) is 10.1 Å². The Morgan fingerprint density at radius 3 is 2.67 bits per heavy atom. The minimum absolute atomic E-state index is 0.0261. The zero-order valence-corrected chi connectivity index (χ0v) is 11.8. The SMILES string of the molecule is CC(=O)OC1CCN(c2cc(CO)ccc2[N+](=O)[O-])CC1. The first-order valence-electron chi connectivity index (χ1n) is 6.81. The molecule has 0 amide bonds. The summed E-state index contributed by atoms with van der Waals surface area (Å²) in [5.74, 6) is -0.304. The summed E-state index contributed by atoms with van der Waals surface area (Å²) in [5.41, 5.74) is 1.17. The fraction of sp³-hybridized carbons (Fsp3) is 0.500. The molecule has 0 aliphatic carbocycles. The Morgan fingerprint density at radius 1 is 1.48 bits per heavy atom. The van der Waals surface area contributed by atoms with E-state index in [1.807, 2.05) is 4.90 Å². The maximum atomic E-state index is 11.1. The molecule has 1 aromatic rings. The standard InChI is InChI=1S/C14H18N2O5/c1-10(18)21-12-4-6-15(7-5-12)14-8-11(9-17)2-3-13(14)16(19)20/h2-3,8,12,17H,4-7,9H2,1H3. The van der Waals surface area contributed by atoms with Gasteiger partial charge < -0.3 is 14.7 Å². The largest absolute Gasteiger partial charge is 0.462 e. The summed E-state index contributed by atoms with van der Waals surface area (Å²) in [6, 6.07) is 4.61. The molecular weight excluding hydrogens is 276 g/mol. The summed E-state index contributed by atoms with van der Waals surface area (Å²) >= 11 is 0. The molecule has 7 heteroatoms. The number of rotatable bonds is 4. The number of anilines is 1. The number of piperidine rings is 1. The number of aliphatic hydroxyl groups is 1. The second-order valence-corrected chi connectivity index (χ2v) is 5.03. The molecule has 2 rings (SSSR count). The van der Waals surface area contributed by atoms with Gasteiger partial charge in [-0.3, -0.25) is 14.9 Å². The van der Waals surface area contributed by atoms with E-state index in [0.717, 1.165) is 0 Å². The van der Waals surface area contributed by atoms with E-state index < -0.39 is 4.92 Å². The molecule has 1 heterocycles. The van der Waals surface area contributed by atoms with Crippen LogP contribution in [0.2, 0.25) is 0 Å². The second kappa shape index (κ2) is 6.53. The number of esters is 1. The average molecular weight is 294 g/mol. The smallest absolute Gasteiger partial charge is 0.302 e. The number of hydrogen-bond donors (Lipinski definition) is 1. The maximum Gasteiger partial charge on any atom is 0.302 e. The lowest BCUT2D eigenvalue weighted by Crippen LogP contribution is -2.38. The van der Waals surface area contributed by atoms with E-state index in [1.165, 1.54) is 13.0 Å². The first kappa shape index (κ1) is 15.2. The van der Waals surface area contributed by atoms with E-state index in [2.05, 4.69) is 0 Å². The third-order valence-electron chi connectivity index (χ3n) is 3.53. The highest BCUT2D eigenvalue weighted by Gasteiger charge is 2.26. The zero-order valence-electron chi connectivity index (χ0n) is 11.8. The van der Waals surface area contributed by atoms with Crippen molar-refractivity contribution in [2.24, 2.45) is 0 Å². The van der Waals surface area contributed by atoms with Gasteiger partial charge in [-0.1, -0.05) is 0 Å². The fourth-order valence-corrected chi connectivity index (χ4v) is 2.52. The molecule has 1 aliphatic heterocycles. The Bertz CT molecular complexity index is 538. The molecule has 0 atom stereocenters. The minimum atomic E-state index is -0.422. The van der Waals surface area contributed by atoms with Gasteiger partial charge in [0.05, 0.1) is 11.5 Å². The number of nitrogens with zero attached hydrogens (tertiary/aromatic N) is 2. The lowest BCUT2D eigenvalue weighted by molar-refractivity contribution is -0.384. The van der Waals surface area contributed by atoms with Crippen molar-refractivity contribution in [3.63, 3.8) is 0 Å². The lowest BCUT2D eigenvalue weighted by atomic mass is 10.1. The van der Waals surface area contributed by atoms with Crippen molar-refractivity contribution in [3.8, 4) is 0 Å². The Hall–Kier alpha value is -2.15. The molecule has 0 spiro atoms. The van der Waals surface area contributed by atoms with E-state index in [4.69, 9.17) is 4.74 Å². The summed E-state index contributed by atoms with van der Waals surface area (Å²) in [4.78, 5) is 23.5. The highest BCUT2D eigenvalue weighted by Crippen LogP contribution is 2.31. The van der Waals surface area contributed by atoms with E-state index in [0.29, 0.717) is 37.2 Å². The average Bonchev–Trinajstić information content (AvgIpc) is 2.46. The third kappa shape index (κ3) is 3.69. The van der Waals surface area contributed by atoms with Crippen LogP contribution in [0.1, 0.15) is 25.3 Å². The molecule has 21 heavy (non-hydrogen) atoms. The molecule has 0 unspecified atom stereocenters. The Labute approximate surface area is 122 Å². The van der Waals surface area contributed by atoms with Crippen molar-refractivity contribution >= 4 is 17.3 Å². The summed E-state index contributed by atoms with van der Waals surface area (Å²) in [6.45, 7) is 2.37. The lowest BCUT2D eigenvalue weighted by Gasteiger charge is -2.32. The van der Waals surface area contributed by atoms with Crippen LogP contribution in [-0.2, 0) is 16.1 Å². The van der Waals surface area contributed by atoms with E-state index in [9.17, 15) is 20.0 Å². The molecule has 0 radical (unpaired) electrons. The monoisotopic (exact) mass is 294 g/mol. The van der Waals surface area contributed by atoms with Crippen LogP contribution >= 0.6 is 0 Å². The Kier molecular flexibility index (Phi) is 4.74. The predicted molar refractivity (Wildman–Crippen MR) is 76.0 cm³/mol. The molecule has 0 saturated carbocycles. The van der Waals surface area contributed by atoms with Gasteiger partial charge in [0.2, 0.25) is 0 Å². The molecule has 1 aromatic carbocycles. The van der Waals surface area contributed by atoms with Gasteiger partial charge in [-0.2, -0.15) is 0 Å². The van der Waals surface area contributed by atoms with E-state index in [-0.39, 0.29) is 24.4 Å². The van der Waals surface area contributed by atoms with Crippen LogP contribution in [0.3, 0.4) is 0 Å². The van der Waals surface area contributed by atoms with E-state index >= 15 is 0 Å². The minimum Gasteiger partial charge on any atom is -0.462 e. The number of nitro benzene ring substituents is 1. The summed E-state index contributed by atoms with van der Waals surface area (Å²) < 4.78 is 5.16. The van der Waals surface area contributed by atoms with Gasteiger partial charge in [0.1, 0.15) is 11.8 Å². The molecule has 1 fully saturated rings. The van der Waals surface area contributed by atoms with Gasteiger partial charge >= 0.3 is 5.97 Å². The quantitative estimate of drug-likeness (QED) is 0.515. The summed E-state index contributed by atoms with van der Waals surface area (Å²) in [5, 5.41) is 20.3. The van der Waals surface area contributed by atoms with Gasteiger partial charge in [0, 0.05) is 38.9 Å². The maximum absolute atomic E-state index is 11.1. The summed E-state index contributed by atoms with van der Waals surface area (Å²) in [6.07, 6.45) is 1.15. The van der Waals surface area contributed by atoms with Crippen LogP contribution in [0.5, 0.6) is 0 Å². The Morgan fingerprint density at radius 2 is 2.14 bits per heavy atom. The number of ether oxygens (including phenoxy) is 1. The van der Waals surface area contributed by atoms with Crippen molar-refractivity contribution in [2.75, 3.05) is 18.0 Å². The van der Waals surface area contributed by atoms with Crippen LogP contribution in [0.25, 0.3) is 0 Å². The third-order valence-corrected chi connectivity index (χ3v) is 3.53. The normalized spacial score (nSPS) is 15.8. The van der Waals surface area contributed by atoms with Crippen molar-refractivity contribution in [2.45, 2.75) is 32.5 Å². The van der Waals surface area contributed by atoms with E-state index in [1.54, 1.807) is 12.1 Å². The highest BCUT2D eigenvalue weighted by atomic mass is 16.6. The van der Waals surface area contributed by atoms with Gasteiger partial charge in [0.15, 0.2) is 0 Å². The van der Waals surface area contributed by atoms with Gasteiger partial charge in [-0.25, -0.2) is 0 Å². The molecular formula is C14H18N2O5. The number of hydrogen-bond acceptors (Lipinski definition) is 6. The number of carbonyl (C=O) groups is 1. The fourth-order valence-electron chi connectivity index (χ4n) is 2.52. The number of nitro groups is 1. The summed E-state index contributed by atoms with van der Waals surface area (Å²) in [7, 11) is 0. The topological polar surface area (TPSA) is 92.9 Å². The molecule has 0 aromatic heterocycles. The molecule has 1 saturated heterocycles. The molecule has 0 bridgehead atoms. The first-order chi connectivity index (χ1) is 10.0. The molecule has 114 valence electrons. The van der Waals surface area contributed by atoms with Crippen molar-refractivity contribution in [1.29, 1.82) is 0 Å². The number of carbonyl (C=O) groups excluding carboxylic acids is 1. The Balaban J connectivity index is 2.15. The zero-order chi connectivity index (χ0) is 15.4. The van der Waals surface area contributed by atoms with Crippen LogP contribution in [-0.4, -0.2) is 35.2 Å². The number of benzene rings is 1. The van der Waals surface area contributed by atoms with Crippen molar-refractivity contribution in [3.05, 3.63) is 33.9 Å². The molecule has 1 N–H and O–H groups in total. The molecule has 7 nitrogen and oxygen atoms in total. The van der Waals surface area contributed by atoms with Crippen molar-refractivity contribution in [1.82, 2.24) is 0 Å². The first-order valence-corrected chi connectivity index (χ1v) is 6.81. The van der Waals surface area contributed by atoms with Crippen LogP contribution < -0.4 is 4.90 Å². The molecule has 1 aliphatic rings. The second-order valence-electron chi connectivity index (χ2n) is 5.03. The van der Waals surface area contributed by atoms with Crippen LogP contribution in [0.4, 0.5) is 11.4 Å². The predicted octanol–water partition coefficient (Wildman–Crippen LogP) is 1.62. The highest BCUT2D eigenvalue weighted by molar-refractivity contribution is 5.66. The van der Waals surface area contributed by atoms with Crippen LogP contribution in [0.15, 0.2) is 18.2 Å². The van der Waals surface area contributed by atoms with Gasteiger partial charge in [-0.15, -0.1) is 0 Å².